The van der Waals surface area contributed by atoms with Gasteiger partial charge in [-0.3, -0.25) is 5.32 Å². The number of rotatable bonds is 5. The lowest BCUT2D eigenvalue weighted by molar-refractivity contribution is 0.407. The fourth-order valence-electron chi connectivity index (χ4n) is 1.95. The van der Waals surface area contributed by atoms with E-state index in [1.54, 1.807) is 7.11 Å². The zero-order chi connectivity index (χ0) is 14.4. The van der Waals surface area contributed by atoms with Crippen molar-refractivity contribution in [3.8, 4) is 11.8 Å². The van der Waals surface area contributed by atoms with E-state index in [4.69, 9.17) is 4.74 Å². The predicted octanol–water partition coefficient (Wildman–Crippen LogP) is 3.81. The third kappa shape index (κ3) is 3.60. The van der Waals surface area contributed by atoms with Gasteiger partial charge in [-0.05, 0) is 23.8 Å². The summed E-state index contributed by atoms with van der Waals surface area (Å²) in [7, 11) is 1.65. The third-order valence-electron chi connectivity index (χ3n) is 3.02. The number of nitrogens with zero attached hydrogens (tertiary/aromatic N) is 1. The van der Waals surface area contributed by atoms with Gasteiger partial charge in [-0.15, -0.1) is 0 Å². The Labute approximate surface area is 127 Å². The number of ether oxygens (including phenoxy) is 1. The highest BCUT2D eigenvalue weighted by atomic mass is 79.9. The molecule has 0 radical (unpaired) electrons. The molecule has 0 fully saturated rings. The van der Waals surface area contributed by atoms with Crippen LogP contribution >= 0.6 is 15.9 Å². The SMILES string of the molecule is COc1ccccc1CNC(C#N)c1ccc(Br)cc1. The topological polar surface area (TPSA) is 45.0 Å². The van der Waals surface area contributed by atoms with Crippen LogP contribution in [-0.2, 0) is 6.54 Å². The minimum atomic E-state index is -0.340. The molecule has 0 heterocycles. The second-order valence-electron chi connectivity index (χ2n) is 4.31. The molecule has 20 heavy (non-hydrogen) atoms. The van der Waals surface area contributed by atoms with Gasteiger partial charge < -0.3 is 4.74 Å². The normalized spacial score (nSPS) is 11.7. The van der Waals surface area contributed by atoms with E-state index in [1.807, 2.05) is 48.5 Å². The average Bonchev–Trinajstić information content (AvgIpc) is 2.50. The first kappa shape index (κ1) is 14.6. The molecular formula is C16H15BrN2O. The van der Waals surface area contributed by atoms with Gasteiger partial charge in [0.25, 0.3) is 0 Å². The highest BCUT2D eigenvalue weighted by molar-refractivity contribution is 9.10. The summed E-state index contributed by atoms with van der Waals surface area (Å²) in [4.78, 5) is 0. The Morgan fingerprint density at radius 1 is 1.20 bits per heavy atom. The van der Waals surface area contributed by atoms with Gasteiger partial charge in [0, 0.05) is 16.6 Å². The van der Waals surface area contributed by atoms with Gasteiger partial charge in [-0.2, -0.15) is 5.26 Å². The first-order valence-corrected chi connectivity index (χ1v) is 7.04. The number of methoxy groups -OCH3 is 1. The third-order valence-corrected chi connectivity index (χ3v) is 3.55. The molecule has 1 unspecified atom stereocenters. The molecule has 2 aromatic carbocycles. The lowest BCUT2D eigenvalue weighted by Crippen LogP contribution is -2.19. The molecule has 1 atom stereocenters. The largest absolute Gasteiger partial charge is 0.496 e. The molecule has 2 aromatic rings. The van der Waals surface area contributed by atoms with Gasteiger partial charge in [-0.1, -0.05) is 46.3 Å². The molecule has 0 saturated carbocycles. The van der Waals surface area contributed by atoms with Crippen molar-refractivity contribution < 1.29 is 4.74 Å². The van der Waals surface area contributed by atoms with Gasteiger partial charge in [-0.25, -0.2) is 0 Å². The Kier molecular flexibility index (Phi) is 5.16. The lowest BCUT2D eigenvalue weighted by Gasteiger charge is -2.14. The van der Waals surface area contributed by atoms with Crippen LogP contribution in [0, 0.1) is 11.3 Å². The zero-order valence-corrected chi connectivity index (χ0v) is 12.7. The van der Waals surface area contributed by atoms with Crippen LogP contribution in [0.5, 0.6) is 5.75 Å². The second-order valence-corrected chi connectivity index (χ2v) is 5.22. The number of benzene rings is 2. The van der Waals surface area contributed by atoms with Crippen molar-refractivity contribution in [3.05, 3.63) is 64.1 Å². The quantitative estimate of drug-likeness (QED) is 0.906. The molecule has 0 bridgehead atoms. The maximum absolute atomic E-state index is 9.30. The summed E-state index contributed by atoms with van der Waals surface area (Å²) in [6, 6.07) is 17.5. The molecule has 0 aromatic heterocycles. The Morgan fingerprint density at radius 2 is 1.90 bits per heavy atom. The van der Waals surface area contributed by atoms with Crippen molar-refractivity contribution in [2.45, 2.75) is 12.6 Å². The summed E-state index contributed by atoms with van der Waals surface area (Å²) in [6.07, 6.45) is 0. The number of hydrogen-bond acceptors (Lipinski definition) is 3. The molecular weight excluding hydrogens is 316 g/mol. The van der Waals surface area contributed by atoms with Crippen LogP contribution in [0.3, 0.4) is 0 Å². The summed E-state index contributed by atoms with van der Waals surface area (Å²) in [5.41, 5.74) is 1.98. The van der Waals surface area contributed by atoms with Crippen LogP contribution < -0.4 is 10.1 Å². The van der Waals surface area contributed by atoms with Crippen LogP contribution in [-0.4, -0.2) is 7.11 Å². The van der Waals surface area contributed by atoms with Crippen LogP contribution in [0.4, 0.5) is 0 Å². The van der Waals surface area contributed by atoms with Gasteiger partial charge in [0.2, 0.25) is 0 Å². The second kappa shape index (κ2) is 7.09. The Bertz CT molecular complexity index is 605. The van der Waals surface area contributed by atoms with Crippen LogP contribution in [0.15, 0.2) is 53.0 Å². The summed E-state index contributed by atoms with van der Waals surface area (Å²) in [5.74, 6) is 0.826. The molecule has 0 spiro atoms. The van der Waals surface area contributed by atoms with E-state index >= 15 is 0 Å². The maximum Gasteiger partial charge on any atom is 0.123 e. The fraction of sp³-hybridized carbons (Fsp3) is 0.188. The van der Waals surface area contributed by atoms with Crippen molar-refractivity contribution in [2.24, 2.45) is 0 Å². The molecule has 102 valence electrons. The summed E-state index contributed by atoms with van der Waals surface area (Å²) >= 11 is 3.39. The van der Waals surface area contributed by atoms with Crippen LogP contribution in [0.1, 0.15) is 17.2 Å². The molecule has 4 heteroatoms. The minimum absolute atomic E-state index is 0.340. The summed E-state index contributed by atoms with van der Waals surface area (Å²) in [5, 5.41) is 12.5. The Balaban J connectivity index is 2.08. The monoisotopic (exact) mass is 330 g/mol. The molecule has 0 amide bonds. The van der Waals surface area contributed by atoms with E-state index < -0.39 is 0 Å². The fourth-order valence-corrected chi connectivity index (χ4v) is 2.22. The Hall–Kier alpha value is -1.83. The van der Waals surface area contributed by atoms with Gasteiger partial charge in [0.1, 0.15) is 11.8 Å². The molecule has 2 rings (SSSR count). The number of hydrogen-bond donors (Lipinski definition) is 1. The van der Waals surface area contributed by atoms with Gasteiger partial charge in [0.05, 0.1) is 13.2 Å². The summed E-state index contributed by atoms with van der Waals surface area (Å²) < 4.78 is 6.31. The van der Waals surface area contributed by atoms with E-state index in [0.717, 1.165) is 21.3 Å². The van der Waals surface area contributed by atoms with E-state index in [1.165, 1.54) is 0 Å². The van der Waals surface area contributed by atoms with Crippen molar-refractivity contribution in [1.29, 1.82) is 5.26 Å². The standard InChI is InChI=1S/C16H15BrN2O/c1-20-16-5-3-2-4-13(16)11-19-15(10-18)12-6-8-14(17)9-7-12/h2-9,15,19H,11H2,1H3. The highest BCUT2D eigenvalue weighted by Crippen LogP contribution is 2.20. The zero-order valence-electron chi connectivity index (χ0n) is 11.1. The van der Waals surface area contributed by atoms with Crippen LogP contribution in [0.25, 0.3) is 0 Å². The molecule has 3 nitrogen and oxygen atoms in total. The van der Waals surface area contributed by atoms with Gasteiger partial charge in [0.15, 0.2) is 0 Å². The molecule has 0 aliphatic heterocycles. The molecule has 0 aliphatic rings. The average molecular weight is 331 g/mol. The number of nitrogens with one attached hydrogen (secondary N) is 1. The maximum atomic E-state index is 9.30. The lowest BCUT2D eigenvalue weighted by atomic mass is 10.1. The molecule has 0 saturated heterocycles. The number of nitriles is 1. The van der Waals surface area contributed by atoms with Crippen molar-refractivity contribution >= 4 is 15.9 Å². The van der Waals surface area contributed by atoms with E-state index in [-0.39, 0.29) is 6.04 Å². The highest BCUT2D eigenvalue weighted by Gasteiger charge is 2.10. The predicted molar refractivity (Wildman–Crippen MR) is 82.3 cm³/mol. The first-order valence-electron chi connectivity index (χ1n) is 6.25. The van der Waals surface area contributed by atoms with E-state index in [2.05, 4.69) is 27.3 Å². The van der Waals surface area contributed by atoms with Gasteiger partial charge >= 0.3 is 0 Å². The van der Waals surface area contributed by atoms with Crippen LogP contribution in [0.2, 0.25) is 0 Å². The Morgan fingerprint density at radius 3 is 2.55 bits per heavy atom. The molecule has 1 N–H and O–H groups in total. The number of halogens is 1. The van der Waals surface area contributed by atoms with E-state index in [9.17, 15) is 5.26 Å². The first-order chi connectivity index (χ1) is 9.74. The van der Waals surface area contributed by atoms with E-state index in [0.29, 0.717) is 6.54 Å². The summed E-state index contributed by atoms with van der Waals surface area (Å²) in [6.45, 7) is 0.582. The number of para-hydroxylation sites is 1. The van der Waals surface area contributed by atoms with Crippen molar-refractivity contribution in [3.63, 3.8) is 0 Å². The minimum Gasteiger partial charge on any atom is -0.496 e. The van der Waals surface area contributed by atoms with Crippen molar-refractivity contribution in [1.82, 2.24) is 5.32 Å². The molecule has 0 aliphatic carbocycles. The smallest absolute Gasteiger partial charge is 0.123 e. The van der Waals surface area contributed by atoms with Crippen molar-refractivity contribution in [2.75, 3.05) is 7.11 Å².